The van der Waals surface area contributed by atoms with Crippen molar-refractivity contribution in [2.45, 2.75) is 53.5 Å². The molecule has 0 aliphatic heterocycles. The molecule has 4 heteroatoms. The highest BCUT2D eigenvalue weighted by molar-refractivity contribution is 5.79. The first-order valence-corrected chi connectivity index (χ1v) is 8.77. The van der Waals surface area contributed by atoms with Crippen LogP contribution >= 0.6 is 0 Å². The summed E-state index contributed by atoms with van der Waals surface area (Å²) in [6, 6.07) is 8.44. The molecule has 0 aliphatic carbocycles. The average Bonchev–Trinajstić information content (AvgIpc) is 2.56. The molecule has 1 aromatic rings. The van der Waals surface area contributed by atoms with Gasteiger partial charge in [-0.15, -0.1) is 0 Å². The van der Waals surface area contributed by atoms with Gasteiger partial charge in [-0.1, -0.05) is 43.7 Å². The van der Waals surface area contributed by atoms with Crippen LogP contribution < -0.4 is 10.6 Å². The van der Waals surface area contributed by atoms with Crippen molar-refractivity contribution < 1.29 is 5.11 Å². The van der Waals surface area contributed by atoms with Crippen LogP contribution in [0.15, 0.2) is 29.3 Å². The van der Waals surface area contributed by atoms with Crippen molar-refractivity contribution in [1.29, 1.82) is 0 Å². The molecule has 0 amide bonds. The standard InChI is InChI=1S/C19H33N3O/c1-5-19(6-2,11-12-23)15-22-18(20-7-3)21-14-17-10-8-9-16(4)13-17/h8-10,13,23H,5-7,11-12,14-15H2,1-4H3,(H2,20,21,22). The number of guanidine groups is 1. The number of nitrogens with zero attached hydrogens (tertiary/aromatic N) is 1. The lowest BCUT2D eigenvalue weighted by atomic mass is 9.79. The summed E-state index contributed by atoms with van der Waals surface area (Å²) >= 11 is 0. The minimum atomic E-state index is 0.133. The van der Waals surface area contributed by atoms with Gasteiger partial charge < -0.3 is 15.7 Å². The number of aliphatic hydroxyl groups excluding tert-OH is 1. The second-order valence-electron chi connectivity index (χ2n) is 6.22. The van der Waals surface area contributed by atoms with Gasteiger partial charge in [-0.3, -0.25) is 0 Å². The summed E-state index contributed by atoms with van der Waals surface area (Å²) in [6.07, 6.45) is 2.92. The third kappa shape index (κ3) is 6.61. The monoisotopic (exact) mass is 319 g/mol. The fourth-order valence-electron chi connectivity index (χ4n) is 2.77. The molecule has 0 saturated carbocycles. The molecule has 130 valence electrons. The smallest absolute Gasteiger partial charge is 0.191 e. The van der Waals surface area contributed by atoms with Gasteiger partial charge in [0, 0.05) is 19.7 Å². The first-order valence-electron chi connectivity index (χ1n) is 8.77. The van der Waals surface area contributed by atoms with Crippen LogP contribution in [0.25, 0.3) is 0 Å². The minimum absolute atomic E-state index is 0.133. The van der Waals surface area contributed by atoms with E-state index < -0.39 is 0 Å². The summed E-state index contributed by atoms with van der Waals surface area (Å²) in [5, 5.41) is 16.1. The molecule has 1 rings (SSSR count). The van der Waals surface area contributed by atoms with Crippen molar-refractivity contribution in [1.82, 2.24) is 10.6 Å². The summed E-state index contributed by atoms with van der Waals surface area (Å²) in [6.45, 7) is 11.1. The molecule has 0 radical (unpaired) electrons. The van der Waals surface area contributed by atoms with E-state index in [1.54, 1.807) is 0 Å². The molecular weight excluding hydrogens is 286 g/mol. The molecule has 3 N–H and O–H groups in total. The molecule has 0 unspecified atom stereocenters. The Morgan fingerprint density at radius 3 is 2.48 bits per heavy atom. The van der Waals surface area contributed by atoms with Crippen molar-refractivity contribution in [2.24, 2.45) is 10.4 Å². The molecular formula is C19H33N3O. The third-order valence-corrected chi connectivity index (χ3v) is 4.62. The lowest BCUT2D eigenvalue weighted by molar-refractivity contribution is 0.169. The van der Waals surface area contributed by atoms with Crippen molar-refractivity contribution in [3.05, 3.63) is 35.4 Å². The Labute approximate surface area is 141 Å². The highest BCUT2D eigenvalue weighted by atomic mass is 16.3. The molecule has 0 saturated heterocycles. The maximum atomic E-state index is 9.34. The predicted octanol–water partition coefficient (Wildman–Crippen LogP) is 3.24. The molecule has 0 heterocycles. The summed E-state index contributed by atoms with van der Waals surface area (Å²) in [5.74, 6) is 0.846. The van der Waals surface area contributed by atoms with E-state index in [-0.39, 0.29) is 12.0 Å². The van der Waals surface area contributed by atoms with Crippen molar-refractivity contribution in [2.75, 3.05) is 19.7 Å². The number of hydrogen-bond acceptors (Lipinski definition) is 2. The largest absolute Gasteiger partial charge is 0.396 e. The Hall–Kier alpha value is -1.55. The lowest BCUT2D eigenvalue weighted by Crippen LogP contribution is -2.43. The van der Waals surface area contributed by atoms with E-state index in [4.69, 9.17) is 0 Å². The molecule has 0 aromatic heterocycles. The normalized spacial score (nSPS) is 12.3. The van der Waals surface area contributed by atoms with Crippen LogP contribution in [0.5, 0.6) is 0 Å². The SMILES string of the molecule is CCNC(=NCc1cccc(C)c1)NCC(CC)(CC)CCO. The van der Waals surface area contributed by atoms with Crippen LogP contribution in [-0.4, -0.2) is 30.8 Å². The molecule has 0 atom stereocenters. The maximum absolute atomic E-state index is 9.34. The Morgan fingerprint density at radius 1 is 1.17 bits per heavy atom. The zero-order valence-corrected chi connectivity index (χ0v) is 15.2. The van der Waals surface area contributed by atoms with Gasteiger partial charge >= 0.3 is 0 Å². The van der Waals surface area contributed by atoms with Crippen LogP contribution in [0.1, 0.15) is 51.2 Å². The van der Waals surface area contributed by atoms with E-state index >= 15 is 0 Å². The number of benzene rings is 1. The van der Waals surface area contributed by atoms with E-state index in [0.29, 0.717) is 6.54 Å². The number of hydrogen-bond donors (Lipinski definition) is 3. The quantitative estimate of drug-likeness (QED) is 0.484. The number of nitrogens with one attached hydrogen (secondary N) is 2. The zero-order chi connectivity index (χ0) is 17.1. The van der Waals surface area contributed by atoms with Crippen LogP contribution in [0.2, 0.25) is 0 Å². The highest BCUT2D eigenvalue weighted by Gasteiger charge is 2.25. The van der Waals surface area contributed by atoms with Gasteiger partial charge in [0.25, 0.3) is 0 Å². The van der Waals surface area contributed by atoms with E-state index in [1.807, 2.05) is 0 Å². The Balaban J connectivity index is 2.71. The lowest BCUT2D eigenvalue weighted by Gasteiger charge is -2.32. The highest BCUT2D eigenvalue weighted by Crippen LogP contribution is 2.29. The first-order chi connectivity index (χ1) is 11.1. The van der Waals surface area contributed by atoms with E-state index in [1.165, 1.54) is 11.1 Å². The fraction of sp³-hybridized carbons (Fsp3) is 0.632. The third-order valence-electron chi connectivity index (χ3n) is 4.62. The number of aliphatic imine (C=N–C) groups is 1. The second kappa shape index (κ2) is 10.3. The Kier molecular flexibility index (Phi) is 8.70. The van der Waals surface area contributed by atoms with Gasteiger partial charge in [0.05, 0.1) is 6.54 Å². The second-order valence-corrected chi connectivity index (χ2v) is 6.22. The van der Waals surface area contributed by atoms with E-state index in [0.717, 1.165) is 38.3 Å². The van der Waals surface area contributed by atoms with Gasteiger partial charge in [0.15, 0.2) is 5.96 Å². The zero-order valence-electron chi connectivity index (χ0n) is 15.2. The number of aliphatic hydroxyl groups is 1. The molecule has 0 bridgehead atoms. The number of rotatable bonds is 9. The fourth-order valence-corrected chi connectivity index (χ4v) is 2.77. The van der Waals surface area contributed by atoms with Gasteiger partial charge in [-0.2, -0.15) is 0 Å². The summed E-state index contributed by atoms with van der Waals surface area (Å²) in [4.78, 5) is 4.69. The first kappa shape index (κ1) is 19.5. The van der Waals surface area contributed by atoms with Crippen LogP contribution in [-0.2, 0) is 6.54 Å². The predicted molar refractivity (Wildman–Crippen MR) is 98.7 cm³/mol. The molecule has 0 aliphatic rings. The summed E-state index contributed by atoms with van der Waals surface area (Å²) in [5.41, 5.74) is 2.61. The minimum Gasteiger partial charge on any atom is -0.396 e. The van der Waals surface area contributed by atoms with Crippen LogP contribution in [0.3, 0.4) is 0 Å². The summed E-state index contributed by atoms with van der Waals surface area (Å²) < 4.78 is 0. The summed E-state index contributed by atoms with van der Waals surface area (Å²) in [7, 11) is 0. The molecule has 0 spiro atoms. The molecule has 4 nitrogen and oxygen atoms in total. The van der Waals surface area contributed by atoms with Crippen molar-refractivity contribution in [3.8, 4) is 0 Å². The maximum Gasteiger partial charge on any atom is 0.191 e. The van der Waals surface area contributed by atoms with E-state index in [2.05, 4.69) is 67.6 Å². The van der Waals surface area contributed by atoms with Crippen molar-refractivity contribution in [3.63, 3.8) is 0 Å². The molecule has 23 heavy (non-hydrogen) atoms. The van der Waals surface area contributed by atoms with Gasteiger partial charge in [0.1, 0.15) is 0 Å². The van der Waals surface area contributed by atoms with Crippen molar-refractivity contribution >= 4 is 5.96 Å². The average molecular weight is 319 g/mol. The van der Waals surface area contributed by atoms with Crippen LogP contribution in [0, 0.1) is 12.3 Å². The van der Waals surface area contributed by atoms with Gasteiger partial charge in [-0.05, 0) is 44.1 Å². The van der Waals surface area contributed by atoms with Gasteiger partial charge in [0.2, 0.25) is 0 Å². The molecule has 1 aromatic carbocycles. The Morgan fingerprint density at radius 2 is 1.91 bits per heavy atom. The topological polar surface area (TPSA) is 56.7 Å². The van der Waals surface area contributed by atoms with E-state index in [9.17, 15) is 5.11 Å². The van der Waals surface area contributed by atoms with Gasteiger partial charge in [-0.25, -0.2) is 4.99 Å². The Bertz CT molecular complexity index is 481. The number of aryl methyl sites for hydroxylation is 1. The molecule has 0 fully saturated rings. The van der Waals surface area contributed by atoms with Crippen LogP contribution in [0.4, 0.5) is 0 Å².